The summed E-state index contributed by atoms with van der Waals surface area (Å²) in [6, 6.07) is 14.1. The molecule has 0 aliphatic carbocycles. The predicted octanol–water partition coefficient (Wildman–Crippen LogP) is 3.18. The lowest BCUT2D eigenvalue weighted by Crippen LogP contribution is -2.40. The van der Waals surface area contributed by atoms with Gasteiger partial charge in [0.15, 0.2) is 5.78 Å². The van der Waals surface area contributed by atoms with Crippen LogP contribution in [0.1, 0.15) is 28.8 Å². The summed E-state index contributed by atoms with van der Waals surface area (Å²) in [5.74, 6) is -0.242. The fourth-order valence-electron chi connectivity index (χ4n) is 3.51. The number of nitrogens with zero attached hydrogens (tertiary/aromatic N) is 2. The fraction of sp³-hybridized carbons (Fsp3) is 0.364. The van der Waals surface area contributed by atoms with Gasteiger partial charge in [0.2, 0.25) is 0 Å². The number of likely N-dealkylation sites (tertiary alicyclic amines) is 1. The molecular formula is C22H25ClN2O3. The summed E-state index contributed by atoms with van der Waals surface area (Å²) in [7, 11) is 3.82. The van der Waals surface area contributed by atoms with E-state index in [1.807, 2.05) is 49.3 Å². The number of anilines is 1. The minimum Gasteiger partial charge on any atom is -0.391 e. The van der Waals surface area contributed by atoms with E-state index in [-0.39, 0.29) is 18.2 Å². The molecule has 5 nitrogen and oxygen atoms in total. The lowest BCUT2D eigenvalue weighted by atomic mass is 10.0. The van der Waals surface area contributed by atoms with Gasteiger partial charge < -0.3 is 14.9 Å². The number of aryl methyl sites for hydroxylation is 1. The van der Waals surface area contributed by atoms with E-state index in [2.05, 4.69) is 0 Å². The van der Waals surface area contributed by atoms with Crippen LogP contribution in [-0.4, -0.2) is 54.5 Å². The SMILES string of the molecule is CN(C)c1cccc(C(=O)N2C[C@H](O)C[C@H]2C(=O)CCc2ccc(Cl)cc2)c1. The molecule has 3 rings (SSSR count). The maximum atomic E-state index is 13.0. The van der Waals surface area contributed by atoms with E-state index >= 15 is 0 Å². The summed E-state index contributed by atoms with van der Waals surface area (Å²) in [6.07, 6.45) is 0.519. The van der Waals surface area contributed by atoms with Crippen molar-refractivity contribution in [3.8, 4) is 0 Å². The topological polar surface area (TPSA) is 60.9 Å². The number of carbonyl (C=O) groups is 2. The second-order valence-corrected chi connectivity index (χ2v) is 7.84. The van der Waals surface area contributed by atoms with Crippen molar-refractivity contribution >= 4 is 29.0 Å². The summed E-state index contributed by atoms with van der Waals surface area (Å²) in [6.45, 7) is 0.183. The highest BCUT2D eigenvalue weighted by Gasteiger charge is 2.38. The summed E-state index contributed by atoms with van der Waals surface area (Å²) in [5.41, 5.74) is 2.46. The predicted molar refractivity (Wildman–Crippen MR) is 111 cm³/mol. The van der Waals surface area contributed by atoms with Crippen molar-refractivity contribution in [2.45, 2.75) is 31.4 Å². The molecule has 1 fully saturated rings. The Hall–Kier alpha value is -2.37. The number of carbonyl (C=O) groups excluding carboxylic acids is 2. The number of hydrogen-bond donors (Lipinski definition) is 1. The zero-order valence-corrected chi connectivity index (χ0v) is 16.9. The molecule has 148 valence electrons. The normalized spacial score (nSPS) is 18.9. The number of amides is 1. The Balaban J connectivity index is 1.71. The minimum absolute atomic E-state index is 0.0244. The Kier molecular flexibility index (Phi) is 6.37. The quantitative estimate of drug-likeness (QED) is 0.809. The first-order valence-electron chi connectivity index (χ1n) is 9.38. The first-order chi connectivity index (χ1) is 13.3. The monoisotopic (exact) mass is 400 g/mol. The van der Waals surface area contributed by atoms with Crippen LogP contribution in [0.3, 0.4) is 0 Å². The van der Waals surface area contributed by atoms with E-state index < -0.39 is 12.1 Å². The standard InChI is InChI=1S/C22H25ClN2O3/c1-24(2)18-5-3-4-16(12-18)22(28)25-14-19(26)13-20(25)21(27)11-8-15-6-9-17(23)10-7-15/h3-7,9-10,12,19-20,26H,8,11,13-14H2,1-2H3/t19-,20+/m1/s1. The third-order valence-corrected chi connectivity index (χ3v) is 5.35. The third-order valence-electron chi connectivity index (χ3n) is 5.09. The van der Waals surface area contributed by atoms with Crippen LogP contribution in [0.25, 0.3) is 0 Å². The summed E-state index contributed by atoms with van der Waals surface area (Å²) in [4.78, 5) is 29.3. The average Bonchev–Trinajstić information content (AvgIpc) is 3.08. The summed E-state index contributed by atoms with van der Waals surface area (Å²) in [5, 5.41) is 10.8. The minimum atomic E-state index is -0.675. The molecule has 1 N–H and O–H groups in total. The van der Waals surface area contributed by atoms with E-state index in [0.29, 0.717) is 29.8 Å². The Labute approximate surface area is 170 Å². The molecule has 0 unspecified atom stereocenters. The van der Waals surface area contributed by atoms with Gasteiger partial charge in [0, 0.05) is 49.8 Å². The maximum absolute atomic E-state index is 13.0. The molecule has 1 amide bonds. The molecule has 1 aliphatic heterocycles. The van der Waals surface area contributed by atoms with Gasteiger partial charge in [-0.2, -0.15) is 0 Å². The van der Waals surface area contributed by atoms with Crippen molar-refractivity contribution in [3.05, 3.63) is 64.7 Å². The van der Waals surface area contributed by atoms with Crippen LogP contribution in [0.4, 0.5) is 5.69 Å². The first kappa shape index (κ1) is 20.4. The third kappa shape index (κ3) is 4.72. The molecule has 0 aromatic heterocycles. The number of rotatable bonds is 6. The highest BCUT2D eigenvalue weighted by Crippen LogP contribution is 2.24. The van der Waals surface area contributed by atoms with Gasteiger partial charge >= 0.3 is 0 Å². The number of Topliss-reactive ketones (excluding diaryl/α,β-unsaturated/α-hetero) is 1. The Bertz CT molecular complexity index is 851. The van der Waals surface area contributed by atoms with Gasteiger partial charge in [-0.25, -0.2) is 0 Å². The van der Waals surface area contributed by atoms with Crippen LogP contribution >= 0.6 is 11.6 Å². The van der Waals surface area contributed by atoms with Crippen LogP contribution in [0.15, 0.2) is 48.5 Å². The second kappa shape index (κ2) is 8.76. The lowest BCUT2D eigenvalue weighted by Gasteiger charge is -2.24. The molecule has 1 aliphatic rings. The highest BCUT2D eigenvalue weighted by atomic mass is 35.5. The van der Waals surface area contributed by atoms with Gasteiger partial charge in [-0.15, -0.1) is 0 Å². The Morgan fingerprint density at radius 2 is 1.89 bits per heavy atom. The molecule has 2 aromatic carbocycles. The van der Waals surface area contributed by atoms with E-state index in [9.17, 15) is 14.7 Å². The molecule has 2 atom stereocenters. The summed E-state index contributed by atoms with van der Waals surface area (Å²) >= 11 is 5.89. The van der Waals surface area contributed by atoms with E-state index in [0.717, 1.165) is 11.3 Å². The van der Waals surface area contributed by atoms with Gasteiger partial charge in [-0.3, -0.25) is 9.59 Å². The molecular weight excluding hydrogens is 376 g/mol. The van der Waals surface area contributed by atoms with Crippen molar-refractivity contribution < 1.29 is 14.7 Å². The van der Waals surface area contributed by atoms with Crippen molar-refractivity contribution in [2.24, 2.45) is 0 Å². The average molecular weight is 401 g/mol. The molecule has 0 radical (unpaired) electrons. The molecule has 0 bridgehead atoms. The van der Waals surface area contributed by atoms with Crippen molar-refractivity contribution in [2.75, 3.05) is 25.5 Å². The van der Waals surface area contributed by atoms with Gasteiger partial charge in [0.25, 0.3) is 5.91 Å². The maximum Gasteiger partial charge on any atom is 0.254 e. The van der Waals surface area contributed by atoms with Crippen LogP contribution < -0.4 is 4.90 Å². The number of hydrogen-bond acceptors (Lipinski definition) is 4. The smallest absolute Gasteiger partial charge is 0.254 e. The van der Waals surface area contributed by atoms with Crippen molar-refractivity contribution in [1.82, 2.24) is 4.90 Å². The van der Waals surface area contributed by atoms with E-state index in [1.165, 1.54) is 4.90 Å². The number of β-amino-alcohol motifs (C(OH)–C–C–N with tert-alkyl or cyclic N) is 1. The van der Waals surface area contributed by atoms with Crippen LogP contribution in [0.2, 0.25) is 5.02 Å². The Morgan fingerprint density at radius 3 is 2.57 bits per heavy atom. The molecule has 0 saturated carbocycles. The van der Waals surface area contributed by atoms with Crippen LogP contribution in [-0.2, 0) is 11.2 Å². The van der Waals surface area contributed by atoms with E-state index in [1.54, 1.807) is 18.2 Å². The largest absolute Gasteiger partial charge is 0.391 e. The highest BCUT2D eigenvalue weighted by molar-refractivity contribution is 6.30. The molecule has 28 heavy (non-hydrogen) atoms. The zero-order chi connectivity index (χ0) is 20.3. The van der Waals surface area contributed by atoms with Gasteiger partial charge in [0.05, 0.1) is 12.1 Å². The van der Waals surface area contributed by atoms with Crippen molar-refractivity contribution in [3.63, 3.8) is 0 Å². The molecule has 2 aromatic rings. The number of ketones is 1. The molecule has 1 saturated heterocycles. The second-order valence-electron chi connectivity index (χ2n) is 7.40. The number of halogens is 1. The zero-order valence-electron chi connectivity index (χ0n) is 16.1. The Morgan fingerprint density at radius 1 is 1.18 bits per heavy atom. The first-order valence-corrected chi connectivity index (χ1v) is 9.76. The van der Waals surface area contributed by atoms with Crippen LogP contribution in [0, 0.1) is 0 Å². The van der Waals surface area contributed by atoms with E-state index in [4.69, 9.17) is 11.6 Å². The van der Waals surface area contributed by atoms with Gasteiger partial charge in [0.1, 0.15) is 0 Å². The number of aliphatic hydroxyl groups is 1. The molecule has 0 spiro atoms. The van der Waals surface area contributed by atoms with Gasteiger partial charge in [-0.05, 0) is 42.3 Å². The van der Waals surface area contributed by atoms with Gasteiger partial charge in [-0.1, -0.05) is 29.8 Å². The number of benzene rings is 2. The fourth-order valence-corrected chi connectivity index (χ4v) is 3.64. The molecule has 1 heterocycles. The molecule has 6 heteroatoms. The summed E-state index contributed by atoms with van der Waals surface area (Å²) < 4.78 is 0. The lowest BCUT2D eigenvalue weighted by molar-refractivity contribution is -0.122. The van der Waals surface area contributed by atoms with Crippen LogP contribution in [0.5, 0.6) is 0 Å². The number of aliphatic hydroxyl groups excluding tert-OH is 1. The van der Waals surface area contributed by atoms with Crippen molar-refractivity contribution in [1.29, 1.82) is 0 Å².